The van der Waals surface area contributed by atoms with E-state index in [2.05, 4.69) is 41.2 Å². The van der Waals surface area contributed by atoms with Crippen molar-refractivity contribution in [2.75, 3.05) is 11.9 Å². The largest absolute Gasteiger partial charge is 0.483 e. The van der Waals surface area contributed by atoms with Crippen LogP contribution in [0.25, 0.3) is 5.95 Å². The van der Waals surface area contributed by atoms with Gasteiger partial charge < -0.3 is 10.1 Å². The van der Waals surface area contributed by atoms with Crippen LogP contribution in [0.2, 0.25) is 0 Å². The van der Waals surface area contributed by atoms with E-state index in [9.17, 15) is 4.79 Å². The quantitative estimate of drug-likeness (QED) is 0.711. The monoisotopic (exact) mass is 393 g/mol. The number of hydrogen-bond acceptors (Lipinski definition) is 5. The molecule has 7 heteroatoms. The van der Waals surface area contributed by atoms with Crippen LogP contribution in [0, 0.1) is 20.8 Å². The van der Waals surface area contributed by atoms with Crippen molar-refractivity contribution in [2.45, 2.75) is 47.0 Å². The Morgan fingerprint density at radius 1 is 1.07 bits per heavy atom. The summed E-state index contributed by atoms with van der Waals surface area (Å²) < 4.78 is 7.35. The molecule has 0 unspecified atom stereocenters. The number of aromatic nitrogens is 4. The predicted octanol–water partition coefficient (Wildman–Crippen LogP) is 3.90. The van der Waals surface area contributed by atoms with E-state index in [0.29, 0.717) is 11.8 Å². The fourth-order valence-electron chi connectivity index (χ4n) is 3.10. The Labute approximate surface area is 171 Å². The fraction of sp³-hybridized carbons (Fsp3) is 0.364. The molecule has 7 nitrogen and oxygen atoms in total. The lowest BCUT2D eigenvalue weighted by Crippen LogP contribution is -2.22. The minimum atomic E-state index is -0.276. The van der Waals surface area contributed by atoms with Crippen molar-refractivity contribution >= 4 is 11.7 Å². The summed E-state index contributed by atoms with van der Waals surface area (Å²) in [6.07, 6.45) is 3.27. The first kappa shape index (κ1) is 20.5. The van der Waals surface area contributed by atoms with E-state index in [1.54, 1.807) is 23.1 Å². The first-order chi connectivity index (χ1) is 13.6. The number of rotatable bonds is 5. The van der Waals surface area contributed by atoms with E-state index >= 15 is 0 Å². The van der Waals surface area contributed by atoms with Gasteiger partial charge in [0, 0.05) is 23.9 Å². The number of carbonyl (C=O) groups excluding carboxylic acids is 1. The van der Waals surface area contributed by atoms with Crippen LogP contribution in [0.4, 0.5) is 5.82 Å². The molecule has 0 spiro atoms. The van der Waals surface area contributed by atoms with E-state index in [-0.39, 0.29) is 17.9 Å². The summed E-state index contributed by atoms with van der Waals surface area (Å²) >= 11 is 0. The molecular formula is C22H27N5O2. The number of hydrogen-bond donors (Lipinski definition) is 1. The van der Waals surface area contributed by atoms with Gasteiger partial charge in [-0.1, -0.05) is 38.5 Å². The third-order valence-electron chi connectivity index (χ3n) is 4.44. The molecule has 3 aromatic rings. The average molecular weight is 393 g/mol. The number of ether oxygens (including phenoxy) is 1. The van der Waals surface area contributed by atoms with Crippen molar-refractivity contribution in [3.8, 4) is 11.7 Å². The van der Waals surface area contributed by atoms with Crippen LogP contribution in [-0.2, 0) is 10.2 Å². The van der Waals surface area contributed by atoms with E-state index in [4.69, 9.17) is 4.74 Å². The molecule has 1 amide bonds. The van der Waals surface area contributed by atoms with Gasteiger partial charge in [-0.25, -0.2) is 9.97 Å². The summed E-state index contributed by atoms with van der Waals surface area (Å²) in [5.74, 6) is 1.36. The highest BCUT2D eigenvalue weighted by Crippen LogP contribution is 2.26. The molecule has 0 fully saturated rings. The number of nitrogens with one attached hydrogen (secondary N) is 1. The van der Waals surface area contributed by atoms with Crippen molar-refractivity contribution in [1.82, 2.24) is 19.7 Å². The van der Waals surface area contributed by atoms with Crippen molar-refractivity contribution in [3.63, 3.8) is 0 Å². The third kappa shape index (κ3) is 4.80. The predicted molar refractivity (Wildman–Crippen MR) is 113 cm³/mol. The second-order valence-corrected chi connectivity index (χ2v) is 8.19. The highest BCUT2D eigenvalue weighted by molar-refractivity contribution is 5.91. The van der Waals surface area contributed by atoms with Gasteiger partial charge in [0.05, 0.1) is 5.69 Å². The van der Waals surface area contributed by atoms with Crippen LogP contribution in [0.3, 0.4) is 0 Å². The molecule has 152 valence electrons. The Kier molecular flexibility index (Phi) is 5.68. The lowest BCUT2D eigenvalue weighted by atomic mass is 9.92. The molecule has 0 saturated heterocycles. The lowest BCUT2D eigenvalue weighted by molar-refractivity contribution is -0.118. The van der Waals surface area contributed by atoms with E-state index < -0.39 is 0 Å². The molecule has 1 aromatic carbocycles. The van der Waals surface area contributed by atoms with Gasteiger partial charge in [-0.15, -0.1) is 0 Å². The summed E-state index contributed by atoms with van der Waals surface area (Å²) in [4.78, 5) is 21.1. The molecule has 29 heavy (non-hydrogen) atoms. The number of nitrogens with zero attached hydrogens (tertiary/aromatic N) is 4. The molecule has 0 aliphatic heterocycles. The minimum absolute atomic E-state index is 0.101. The standard InChI is InChI=1S/C22H27N5O2/c1-14-10-15(2)20(16(3)11-14)29-13-19(28)25-18-12-17(22(4,5)6)26-27(18)21-23-8-7-9-24-21/h7-12H,13H2,1-6H3,(H,25,28). The minimum Gasteiger partial charge on any atom is -0.483 e. The first-order valence-electron chi connectivity index (χ1n) is 9.53. The molecule has 2 aromatic heterocycles. The highest BCUT2D eigenvalue weighted by Gasteiger charge is 2.22. The Bertz CT molecular complexity index is 996. The third-order valence-corrected chi connectivity index (χ3v) is 4.44. The molecule has 2 heterocycles. The van der Waals surface area contributed by atoms with E-state index in [0.717, 1.165) is 22.6 Å². The van der Waals surface area contributed by atoms with Crippen molar-refractivity contribution in [2.24, 2.45) is 0 Å². The zero-order valence-corrected chi connectivity index (χ0v) is 17.8. The van der Waals surface area contributed by atoms with Gasteiger partial charge in [0.15, 0.2) is 6.61 Å². The Morgan fingerprint density at radius 3 is 2.28 bits per heavy atom. The van der Waals surface area contributed by atoms with Gasteiger partial charge >= 0.3 is 0 Å². The van der Waals surface area contributed by atoms with Crippen LogP contribution in [0.15, 0.2) is 36.7 Å². The van der Waals surface area contributed by atoms with E-state index in [1.807, 2.05) is 39.0 Å². The second kappa shape index (κ2) is 8.03. The molecule has 1 N–H and O–H groups in total. The van der Waals surface area contributed by atoms with Crippen LogP contribution >= 0.6 is 0 Å². The molecule has 0 aliphatic rings. The van der Waals surface area contributed by atoms with Crippen molar-refractivity contribution < 1.29 is 9.53 Å². The van der Waals surface area contributed by atoms with Crippen LogP contribution in [0.1, 0.15) is 43.2 Å². The molecule has 0 saturated carbocycles. The van der Waals surface area contributed by atoms with Gasteiger partial charge in [-0.2, -0.15) is 9.78 Å². The average Bonchev–Trinajstić information content (AvgIpc) is 3.05. The number of carbonyl (C=O) groups is 1. The van der Waals surface area contributed by atoms with Crippen LogP contribution in [0.5, 0.6) is 5.75 Å². The maximum Gasteiger partial charge on any atom is 0.263 e. The second-order valence-electron chi connectivity index (χ2n) is 8.19. The molecule has 3 rings (SSSR count). The number of aryl methyl sites for hydroxylation is 3. The van der Waals surface area contributed by atoms with Gasteiger partial charge in [-0.3, -0.25) is 4.79 Å². The zero-order chi connectivity index (χ0) is 21.2. The molecule has 0 aliphatic carbocycles. The van der Waals surface area contributed by atoms with Crippen molar-refractivity contribution in [1.29, 1.82) is 0 Å². The van der Waals surface area contributed by atoms with Crippen LogP contribution in [-0.4, -0.2) is 32.3 Å². The van der Waals surface area contributed by atoms with Gasteiger partial charge in [-0.05, 0) is 38.0 Å². The highest BCUT2D eigenvalue weighted by atomic mass is 16.5. The van der Waals surface area contributed by atoms with Gasteiger partial charge in [0.1, 0.15) is 11.6 Å². The maximum absolute atomic E-state index is 12.6. The number of amides is 1. The topological polar surface area (TPSA) is 81.9 Å². The van der Waals surface area contributed by atoms with Gasteiger partial charge in [0.2, 0.25) is 0 Å². The molecule has 0 radical (unpaired) electrons. The Balaban J connectivity index is 1.80. The summed E-state index contributed by atoms with van der Waals surface area (Å²) in [5.41, 5.74) is 3.82. The number of benzene rings is 1. The van der Waals surface area contributed by atoms with E-state index in [1.165, 1.54) is 5.56 Å². The molecular weight excluding hydrogens is 366 g/mol. The SMILES string of the molecule is Cc1cc(C)c(OCC(=O)Nc2cc(C(C)(C)C)nn2-c2ncccn2)c(C)c1. The molecule has 0 bridgehead atoms. The van der Waals surface area contributed by atoms with Crippen LogP contribution < -0.4 is 10.1 Å². The van der Waals surface area contributed by atoms with Gasteiger partial charge in [0.25, 0.3) is 11.9 Å². The Morgan fingerprint density at radius 2 is 1.69 bits per heavy atom. The number of anilines is 1. The lowest BCUT2D eigenvalue weighted by Gasteiger charge is -2.13. The summed E-state index contributed by atoms with van der Waals surface area (Å²) in [6.45, 7) is 12.1. The summed E-state index contributed by atoms with van der Waals surface area (Å²) in [5, 5.41) is 7.48. The fourth-order valence-corrected chi connectivity index (χ4v) is 3.10. The summed E-state index contributed by atoms with van der Waals surface area (Å²) in [6, 6.07) is 7.65. The smallest absolute Gasteiger partial charge is 0.263 e. The molecule has 0 atom stereocenters. The zero-order valence-electron chi connectivity index (χ0n) is 17.8. The Hall–Kier alpha value is -3.22. The summed E-state index contributed by atoms with van der Waals surface area (Å²) in [7, 11) is 0. The maximum atomic E-state index is 12.6. The first-order valence-corrected chi connectivity index (χ1v) is 9.53. The van der Waals surface area contributed by atoms with Crippen molar-refractivity contribution in [3.05, 3.63) is 59.0 Å². The normalized spacial score (nSPS) is 11.4.